The molecular weight excluding hydrogens is 216 g/mol. The molecule has 2 rings (SSSR count). The number of rotatable bonds is 3. The van der Waals surface area contributed by atoms with Crippen LogP contribution in [0.3, 0.4) is 0 Å². The van der Waals surface area contributed by atoms with Crippen LogP contribution >= 0.6 is 11.6 Å². The Morgan fingerprint density at radius 2 is 1.56 bits per heavy atom. The van der Waals surface area contributed by atoms with E-state index in [2.05, 4.69) is 37.3 Å². The summed E-state index contributed by atoms with van der Waals surface area (Å²) in [6, 6.07) is 16.7. The molecular formula is C15H15Cl. The van der Waals surface area contributed by atoms with Crippen molar-refractivity contribution < 1.29 is 0 Å². The fraction of sp³-hybridized carbons (Fsp3) is 0.200. The van der Waals surface area contributed by atoms with Crippen LogP contribution in [0.4, 0.5) is 0 Å². The second-order valence-corrected chi connectivity index (χ2v) is 4.48. The molecule has 2 aromatic carbocycles. The van der Waals surface area contributed by atoms with E-state index in [1.807, 2.05) is 18.2 Å². The molecule has 16 heavy (non-hydrogen) atoms. The van der Waals surface area contributed by atoms with Crippen molar-refractivity contribution in [3.63, 3.8) is 0 Å². The van der Waals surface area contributed by atoms with Gasteiger partial charge in [-0.25, -0.2) is 0 Å². The average molecular weight is 231 g/mol. The van der Waals surface area contributed by atoms with Crippen LogP contribution in [-0.2, 0) is 12.8 Å². The van der Waals surface area contributed by atoms with E-state index in [1.165, 1.54) is 16.7 Å². The van der Waals surface area contributed by atoms with Crippen LogP contribution in [0.25, 0.3) is 0 Å². The summed E-state index contributed by atoms with van der Waals surface area (Å²) in [4.78, 5) is 0. The summed E-state index contributed by atoms with van der Waals surface area (Å²) in [6.45, 7) is 2.11. The first-order chi connectivity index (χ1) is 7.75. The van der Waals surface area contributed by atoms with Gasteiger partial charge < -0.3 is 0 Å². The van der Waals surface area contributed by atoms with Crippen LogP contribution in [0.1, 0.15) is 16.7 Å². The molecule has 0 saturated carbocycles. The minimum Gasteiger partial charge on any atom is -0.0840 e. The lowest BCUT2D eigenvalue weighted by molar-refractivity contribution is 0.959. The third kappa shape index (κ3) is 2.86. The highest BCUT2D eigenvalue weighted by Gasteiger charge is 1.99. The molecule has 0 heterocycles. The van der Waals surface area contributed by atoms with Gasteiger partial charge >= 0.3 is 0 Å². The van der Waals surface area contributed by atoms with Crippen LogP contribution in [-0.4, -0.2) is 0 Å². The van der Waals surface area contributed by atoms with Crippen molar-refractivity contribution in [3.8, 4) is 0 Å². The Hall–Kier alpha value is -1.27. The molecule has 0 bridgehead atoms. The molecule has 0 unspecified atom stereocenters. The van der Waals surface area contributed by atoms with E-state index in [0.29, 0.717) is 0 Å². The maximum Gasteiger partial charge on any atom is 0.0438 e. The quantitative estimate of drug-likeness (QED) is 0.732. The fourth-order valence-electron chi connectivity index (χ4n) is 1.73. The molecule has 0 nitrogen and oxygen atoms in total. The summed E-state index contributed by atoms with van der Waals surface area (Å²) in [7, 11) is 0. The first-order valence-corrected chi connectivity index (χ1v) is 5.92. The largest absolute Gasteiger partial charge is 0.0840 e. The highest BCUT2D eigenvalue weighted by Crippen LogP contribution is 2.17. The predicted octanol–water partition coefficient (Wildman–Crippen LogP) is 4.43. The third-order valence-corrected chi connectivity index (χ3v) is 3.13. The molecule has 2 aromatic rings. The Morgan fingerprint density at radius 1 is 0.875 bits per heavy atom. The molecule has 0 N–H and O–H groups in total. The molecule has 0 amide bonds. The summed E-state index contributed by atoms with van der Waals surface area (Å²) in [5.41, 5.74) is 3.90. The van der Waals surface area contributed by atoms with Gasteiger partial charge in [0.2, 0.25) is 0 Å². The molecule has 0 aromatic heterocycles. The fourth-order valence-corrected chi connectivity index (χ4v) is 1.97. The molecule has 0 fully saturated rings. The van der Waals surface area contributed by atoms with Gasteiger partial charge in [-0.05, 0) is 37.0 Å². The molecule has 0 aliphatic carbocycles. The average Bonchev–Trinajstić information content (AvgIpc) is 2.30. The zero-order chi connectivity index (χ0) is 11.4. The maximum absolute atomic E-state index is 6.12. The SMILES string of the molecule is Cc1ccc(CCc2ccccc2Cl)cc1. The third-order valence-electron chi connectivity index (χ3n) is 2.76. The monoisotopic (exact) mass is 230 g/mol. The van der Waals surface area contributed by atoms with Crippen LogP contribution in [0.5, 0.6) is 0 Å². The van der Waals surface area contributed by atoms with Crippen LogP contribution in [0.15, 0.2) is 48.5 Å². The van der Waals surface area contributed by atoms with E-state index in [1.54, 1.807) is 0 Å². The standard InChI is InChI=1S/C15H15Cl/c1-12-6-8-13(9-7-12)10-11-14-4-2-3-5-15(14)16/h2-9H,10-11H2,1H3. The molecule has 0 saturated heterocycles. The summed E-state index contributed by atoms with van der Waals surface area (Å²) in [5.74, 6) is 0. The van der Waals surface area contributed by atoms with E-state index in [9.17, 15) is 0 Å². The molecule has 1 heteroatoms. The first-order valence-electron chi connectivity index (χ1n) is 5.54. The Kier molecular flexibility index (Phi) is 3.63. The zero-order valence-corrected chi connectivity index (χ0v) is 10.2. The normalized spacial score (nSPS) is 10.4. The van der Waals surface area contributed by atoms with Gasteiger partial charge in [0.15, 0.2) is 0 Å². The van der Waals surface area contributed by atoms with E-state index in [-0.39, 0.29) is 0 Å². The number of hydrogen-bond acceptors (Lipinski definition) is 0. The number of aryl methyl sites for hydroxylation is 3. The van der Waals surface area contributed by atoms with E-state index in [4.69, 9.17) is 11.6 Å². The van der Waals surface area contributed by atoms with Gasteiger partial charge in [0, 0.05) is 5.02 Å². The molecule has 0 aliphatic rings. The van der Waals surface area contributed by atoms with Crippen molar-refractivity contribution >= 4 is 11.6 Å². The van der Waals surface area contributed by atoms with E-state index < -0.39 is 0 Å². The van der Waals surface area contributed by atoms with Crippen LogP contribution in [0, 0.1) is 6.92 Å². The Labute approximate surface area is 102 Å². The maximum atomic E-state index is 6.12. The van der Waals surface area contributed by atoms with Gasteiger partial charge in [-0.15, -0.1) is 0 Å². The lowest BCUT2D eigenvalue weighted by atomic mass is 10.0. The van der Waals surface area contributed by atoms with Crippen molar-refractivity contribution in [2.75, 3.05) is 0 Å². The predicted molar refractivity (Wildman–Crippen MR) is 70.0 cm³/mol. The van der Waals surface area contributed by atoms with Gasteiger partial charge in [-0.2, -0.15) is 0 Å². The molecule has 0 spiro atoms. The first kappa shape index (κ1) is 11.2. The Morgan fingerprint density at radius 3 is 2.25 bits per heavy atom. The minimum absolute atomic E-state index is 0.870. The van der Waals surface area contributed by atoms with Gasteiger partial charge in [0.05, 0.1) is 0 Å². The summed E-state index contributed by atoms with van der Waals surface area (Å²) in [6.07, 6.45) is 2.05. The Balaban J connectivity index is 2.02. The van der Waals surface area contributed by atoms with Crippen molar-refractivity contribution in [2.24, 2.45) is 0 Å². The van der Waals surface area contributed by atoms with Crippen molar-refractivity contribution in [1.82, 2.24) is 0 Å². The molecule has 82 valence electrons. The zero-order valence-electron chi connectivity index (χ0n) is 9.41. The topological polar surface area (TPSA) is 0 Å². The van der Waals surface area contributed by atoms with Gasteiger partial charge in [-0.3, -0.25) is 0 Å². The highest BCUT2D eigenvalue weighted by atomic mass is 35.5. The smallest absolute Gasteiger partial charge is 0.0438 e. The van der Waals surface area contributed by atoms with E-state index >= 15 is 0 Å². The number of benzene rings is 2. The van der Waals surface area contributed by atoms with Gasteiger partial charge in [0.1, 0.15) is 0 Å². The molecule has 0 aliphatic heterocycles. The molecule has 0 atom stereocenters. The van der Waals surface area contributed by atoms with Crippen molar-refractivity contribution in [1.29, 1.82) is 0 Å². The number of halogens is 1. The van der Waals surface area contributed by atoms with Crippen molar-refractivity contribution in [3.05, 3.63) is 70.2 Å². The van der Waals surface area contributed by atoms with E-state index in [0.717, 1.165) is 17.9 Å². The summed E-state index contributed by atoms with van der Waals surface area (Å²) < 4.78 is 0. The second kappa shape index (κ2) is 5.18. The minimum atomic E-state index is 0.870. The van der Waals surface area contributed by atoms with Gasteiger partial charge in [0.25, 0.3) is 0 Å². The lowest BCUT2D eigenvalue weighted by Crippen LogP contribution is -1.92. The van der Waals surface area contributed by atoms with Crippen LogP contribution < -0.4 is 0 Å². The Bertz CT molecular complexity index is 457. The van der Waals surface area contributed by atoms with Crippen LogP contribution in [0.2, 0.25) is 5.02 Å². The second-order valence-electron chi connectivity index (χ2n) is 4.08. The lowest BCUT2D eigenvalue weighted by Gasteiger charge is -2.04. The number of hydrogen-bond donors (Lipinski definition) is 0. The van der Waals surface area contributed by atoms with Gasteiger partial charge in [-0.1, -0.05) is 59.6 Å². The summed E-state index contributed by atoms with van der Waals surface area (Å²) in [5, 5.41) is 0.870. The highest BCUT2D eigenvalue weighted by molar-refractivity contribution is 6.31. The molecule has 0 radical (unpaired) electrons. The summed E-state index contributed by atoms with van der Waals surface area (Å²) >= 11 is 6.12. The van der Waals surface area contributed by atoms with Crippen molar-refractivity contribution in [2.45, 2.75) is 19.8 Å².